The van der Waals surface area contributed by atoms with Gasteiger partial charge < -0.3 is 0 Å². The molecule has 608 valence electrons. The summed E-state index contributed by atoms with van der Waals surface area (Å²) >= 11 is 0. The molecule has 0 nitrogen and oxygen atoms in total. The first kappa shape index (κ1) is 98.4. The van der Waals surface area contributed by atoms with Gasteiger partial charge in [-0.1, -0.05) is 475 Å². The van der Waals surface area contributed by atoms with E-state index in [9.17, 15) is 0 Å². The van der Waals surface area contributed by atoms with E-state index in [1.807, 2.05) is 12.1 Å². The monoisotopic (exact) mass is 1510 g/mol. The molecule has 0 radical (unpaired) electrons. The van der Waals surface area contributed by atoms with Gasteiger partial charge in [0.15, 0.2) is 0 Å². The molecule has 0 unspecified atom stereocenters. The lowest BCUT2D eigenvalue weighted by Crippen LogP contribution is -2.23. The minimum absolute atomic E-state index is 0.200. The molecule has 0 saturated carbocycles. The maximum atomic E-state index is 2.42. The fourth-order valence-electron chi connectivity index (χ4n) is 13.6. The average Bonchev–Trinajstić information content (AvgIpc) is 0.779. The predicted molar refractivity (Wildman–Crippen MR) is 506 cm³/mol. The second-order valence-corrected chi connectivity index (χ2v) is 43.2. The van der Waals surface area contributed by atoms with Crippen LogP contribution < -0.4 is 0 Å². The van der Waals surface area contributed by atoms with Crippen LogP contribution >= 0.6 is 0 Å². The number of hydrogen-bond acceptors (Lipinski definition) is 0. The van der Waals surface area contributed by atoms with E-state index in [1.54, 1.807) is 0 Å². The zero-order valence-electron chi connectivity index (χ0n) is 79.4. The van der Waals surface area contributed by atoms with Crippen molar-refractivity contribution in [2.24, 2.45) is 0 Å². The first-order valence-corrected chi connectivity index (χ1v) is 41.7. The third-order valence-corrected chi connectivity index (χ3v) is 20.7. The van der Waals surface area contributed by atoms with Gasteiger partial charge in [0.1, 0.15) is 0 Å². The zero-order valence-corrected chi connectivity index (χ0v) is 79.4. The Kier molecular flexibility index (Phi) is 35.1. The lowest BCUT2D eigenvalue weighted by atomic mass is 9.73. The number of rotatable bonds is 2. The van der Waals surface area contributed by atoms with Crippen molar-refractivity contribution in [3.63, 3.8) is 0 Å². The van der Waals surface area contributed by atoms with E-state index in [0.29, 0.717) is 0 Å². The van der Waals surface area contributed by atoms with Crippen LogP contribution in [-0.4, -0.2) is 0 Å². The van der Waals surface area contributed by atoms with Crippen molar-refractivity contribution < 1.29 is 0 Å². The highest BCUT2D eigenvalue weighted by atomic mass is 14.3. The zero-order chi connectivity index (χ0) is 85.9. The summed E-state index contributed by atoms with van der Waals surface area (Å²) in [6, 6.07) is 80.7. The number of benzene rings is 10. The molecule has 10 rings (SSSR count). The molecule has 0 aliphatic carbocycles. The van der Waals surface area contributed by atoms with E-state index in [-0.39, 0.29) is 59.6 Å². The van der Waals surface area contributed by atoms with Gasteiger partial charge in [0.05, 0.1) is 0 Å². The molecule has 0 spiro atoms. The average molecular weight is 1510 g/mol. The quantitative estimate of drug-likeness (QED) is 0.162. The van der Waals surface area contributed by atoms with E-state index in [2.05, 4.69) is 496 Å². The lowest BCUT2D eigenvalue weighted by Gasteiger charge is -2.32. The van der Waals surface area contributed by atoms with E-state index in [4.69, 9.17) is 0 Å². The van der Waals surface area contributed by atoms with Crippen LogP contribution in [0, 0.1) is 55.4 Å². The van der Waals surface area contributed by atoms with Crippen molar-refractivity contribution >= 4 is 0 Å². The Hall–Kier alpha value is -7.80. The lowest BCUT2D eigenvalue weighted by molar-refractivity contribution is 0.542. The molecule has 0 aromatic heterocycles. The van der Waals surface area contributed by atoms with Crippen LogP contribution in [-0.2, 0) is 59.6 Å². The normalized spacial score (nSPS) is 12.2. The Morgan fingerprint density at radius 3 is 0.821 bits per heavy atom. The molecule has 0 N–H and O–H groups in total. The highest BCUT2D eigenvalue weighted by Gasteiger charge is 2.29. The SMILES string of the molecule is Cc1c(C(C)(C)C)cc(C(C)(C)C)cc1C(C)(C)C.Cc1c(C(C)(C)C)cccc1C(C)(C)C.Cc1cc(C(C)(C)C)cc(C(C)(C)C)c1.Cc1ccc(C(C)(C)C)cc1.Cc1ccc(C(C)(C)C)cc1C(C)(C)C.Cc1cccc(-c2ccccc2)c1.Cc1cccc(C(C)(C)C)c1.Cc1ccccc1-c1ccccc1. The maximum absolute atomic E-state index is 2.42. The molecule has 0 saturated heterocycles. The van der Waals surface area contributed by atoms with Gasteiger partial charge >= 0.3 is 0 Å². The van der Waals surface area contributed by atoms with E-state index >= 15 is 0 Å². The van der Waals surface area contributed by atoms with Crippen molar-refractivity contribution in [1.82, 2.24) is 0 Å². The van der Waals surface area contributed by atoms with Crippen LogP contribution in [0.3, 0.4) is 0 Å². The molecule has 0 heterocycles. The Labute approximate surface area is 691 Å². The number of hydrogen-bond donors (Lipinski definition) is 0. The molecule has 0 aliphatic heterocycles. The van der Waals surface area contributed by atoms with Gasteiger partial charge in [0.2, 0.25) is 0 Å². The van der Waals surface area contributed by atoms with E-state index in [1.165, 1.54) is 128 Å². The topological polar surface area (TPSA) is 0 Å². The largest absolute Gasteiger partial charge is 0.0622 e. The van der Waals surface area contributed by atoms with Crippen LogP contribution in [0.25, 0.3) is 22.3 Å². The van der Waals surface area contributed by atoms with Crippen LogP contribution in [0.1, 0.15) is 334 Å². The third-order valence-electron chi connectivity index (χ3n) is 20.7. The van der Waals surface area contributed by atoms with Crippen molar-refractivity contribution in [2.75, 3.05) is 0 Å². The minimum atomic E-state index is 0.200. The van der Waals surface area contributed by atoms with Crippen LogP contribution in [0.15, 0.2) is 224 Å². The van der Waals surface area contributed by atoms with Crippen molar-refractivity contribution in [2.45, 2.75) is 343 Å². The Morgan fingerprint density at radius 2 is 0.455 bits per heavy atom. The third kappa shape index (κ3) is 33.0. The Morgan fingerprint density at radius 1 is 0.152 bits per heavy atom. The van der Waals surface area contributed by atoms with Gasteiger partial charge in [-0.3, -0.25) is 0 Å². The smallest absolute Gasteiger partial charge is 0.0129 e. The standard InChI is InChI=1S/C19H32.3C15H24.2C13H12.2C11H16/c1-13-15(18(5,6)7)11-14(17(2,3)4)12-16(13)19(8,9)10;1-11-8-12(14(2,3)4)10-13(9-11)15(5,6)7;1-11-8-9-12(14(2,3)4)10-13(11)15(5,6)7;1-11-12(14(2,3)4)9-8-10-13(11)15(5,6)7;1-11-7-5-6-10-13(11)12-8-3-2-4-9-12;1-11-6-5-9-13(10-11)12-7-3-2-4-8-12;1-9-5-7-10(8-6-9)11(2,3)4;1-9-6-5-7-10(8-9)11(2,3)4/h11-12H,1-10H3;3*8-10H,1-7H3;2*2-10H,1H3;2*5-8H,1-4H3. The Bertz CT molecular complexity index is 4360. The van der Waals surface area contributed by atoms with Gasteiger partial charge in [-0.15, -0.1) is 0 Å². The number of aryl methyl sites for hydroxylation is 6. The highest BCUT2D eigenvalue weighted by Crippen LogP contribution is 2.40. The summed E-state index contributed by atoms with van der Waals surface area (Å²) in [6.07, 6.45) is 0. The summed E-state index contributed by atoms with van der Waals surface area (Å²) in [5.74, 6) is 0. The fourth-order valence-corrected chi connectivity index (χ4v) is 13.6. The summed E-state index contributed by atoms with van der Waals surface area (Å²) in [4.78, 5) is 0. The molecule has 10 aromatic rings. The molecule has 112 heavy (non-hydrogen) atoms. The summed E-state index contributed by atoms with van der Waals surface area (Å²) in [5, 5.41) is 0. The van der Waals surface area contributed by atoms with E-state index in [0.717, 1.165) is 0 Å². The molecule has 0 heteroatoms. The molecule has 10 aromatic carbocycles. The summed E-state index contributed by atoms with van der Waals surface area (Å²) in [6.45, 7) is 92.6. The Balaban J connectivity index is 0.000000333. The van der Waals surface area contributed by atoms with Crippen molar-refractivity contribution in [3.05, 3.63) is 330 Å². The van der Waals surface area contributed by atoms with E-state index < -0.39 is 0 Å². The van der Waals surface area contributed by atoms with Crippen molar-refractivity contribution in [1.29, 1.82) is 0 Å². The second-order valence-electron chi connectivity index (χ2n) is 43.2. The van der Waals surface area contributed by atoms with Crippen molar-refractivity contribution in [3.8, 4) is 22.3 Å². The predicted octanol–water partition coefficient (Wildman–Crippen LogP) is 33.6. The van der Waals surface area contributed by atoms with Crippen LogP contribution in [0.4, 0.5) is 0 Å². The summed E-state index contributed by atoms with van der Waals surface area (Å²) in [5.41, 5.74) is 34.8. The highest BCUT2D eigenvalue weighted by molar-refractivity contribution is 5.67. The maximum Gasteiger partial charge on any atom is -0.0129 e. The summed E-state index contributed by atoms with van der Waals surface area (Å²) < 4.78 is 0. The molecular weight excluding hydrogens is 1350 g/mol. The molecule has 0 amide bonds. The molecule has 0 aliphatic rings. The molecule has 0 fully saturated rings. The second kappa shape index (κ2) is 40.0. The first-order chi connectivity index (χ1) is 50.8. The van der Waals surface area contributed by atoms with Gasteiger partial charge in [-0.2, -0.15) is 0 Å². The van der Waals surface area contributed by atoms with Gasteiger partial charge in [0.25, 0.3) is 0 Å². The van der Waals surface area contributed by atoms with Crippen LogP contribution in [0.2, 0.25) is 0 Å². The molecule has 0 atom stereocenters. The fraction of sp³-hybridized carbons (Fsp3) is 0.464. The molecule has 0 bridgehead atoms. The van der Waals surface area contributed by atoms with Gasteiger partial charge in [-0.25, -0.2) is 0 Å². The van der Waals surface area contributed by atoms with Gasteiger partial charge in [0, 0.05) is 0 Å². The first-order valence-electron chi connectivity index (χ1n) is 41.7. The van der Waals surface area contributed by atoms with Crippen LogP contribution in [0.5, 0.6) is 0 Å². The minimum Gasteiger partial charge on any atom is -0.0622 e. The summed E-state index contributed by atoms with van der Waals surface area (Å²) in [7, 11) is 0. The van der Waals surface area contributed by atoms with Gasteiger partial charge in [-0.05, 0) is 221 Å². The molecular formula is C112H160.